The van der Waals surface area contributed by atoms with E-state index < -0.39 is 11.8 Å². The zero-order chi connectivity index (χ0) is 18.7. The Labute approximate surface area is 150 Å². The predicted octanol–water partition coefficient (Wildman–Crippen LogP) is 3.48. The van der Waals surface area contributed by atoms with E-state index in [9.17, 15) is 9.59 Å². The molecule has 2 aromatic heterocycles. The quantitative estimate of drug-likeness (QED) is 0.674. The predicted molar refractivity (Wildman–Crippen MR) is 96.1 cm³/mol. The first-order valence-corrected chi connectivity index (χ1v) is 8.36. The molecule has 0 saturated carbocycles. The zero-order valence-electron chi connectivity index (χ0n) is 14.6. The van der Waals surface area contributed by atoms with Gasteiger partial charge >= 0.3 is 0 Å². The van der Waals surface area contributed by atoms with Gasteiger partial charge in [-0.1, -0.05) is 13.0 Å². The number of benzene rings is 1. The van der Waals surface area contributed by atoms with Gasteiger partial charge in [0.1, 0.15) is 17.0 Å². The number of hydrogen-bond acceptors (Lipinski definition) is 5. The van der Waals surface area contributed by atoms with Gasteiger partial charge in [-0.25, -0.2) is 0 Å². The van der Waals surface area contributed by atoms with Crippen LogP contribution < -0.4 is 11.1 Å². The number of carbonyl (C=O) groups is 2. The van der Waals surface area contributed by atoms with Gasteiger partial charge in [0.05, 0.1) is 6.61 Å². The smallest absolute Gasteiger partial charge is 0.291 e. The topological polar surface area (TPSA) is 108 Å². The molecule has 3 N–H and O–H groups in total. The number of aryl methyl sites for hydroxylation is 1. The molecule has 0 saturated heterocycles. The molecule has 0 unspecified atom stereocenters. The van der Waals surface area contributed by atoms with Crippen LogP contribution in [-0.4, -0.2) is 18.4 Å². The van der Waals surface area contributed by atoms with Crippen LogP contribution in [0.2, 0.25) is 0 Å². The summed E-state index contributed by atoms with van der Waals surface area (Å²) in [6, 6.07) is 8.68. The number of fused-ring (bicyclic) bond motifs is 1. The summed E-state index contributed by atoms with van der Waals surface area (Å²) in [4.78, 5) is 24.2. The molecule has 0 radical (unpaired) electrons. The molecule has 2 heterocycles. The van der Waals surface area contributed by atoms with E-state index in [4.69, 9.17) is 19.3 Å². The van der Waals surface area contributed by atoms with E-state index in [1.807, 2.05) is 19.9 Å². The molecule has 0 spiro atoms. The maximum absolute atomic E-state index is 12.4. The summed E-state index contributed by atoms with van der Waals surface area (Å²) >= 11 is 0. The van der Waals surface area contributed by atoms with Crippen LogP contribution in [-0.2, 0) is 17.8 Å². The lowest BCUT2D eigenvalue weighted by Crippen LogP contribution is -2.16. The molecule has 0 aliphatic carbocycles. The minimum Gasteiger partial charge on any atom is -0.456 e. The van der Waals surface area contributed by atoms with Crippen molar-refractivity contribution in [3.8, 4) is 0 Å². The number of nitrogens with one attached hydrogen (secondary N) is 1. The van der Waals surface area contributed by atoms with Crippen molar-refractivity contribution in [1.29, 1.82) is 0 Å². The number of amides is 2. The summed E-state index contributed by atoms with van der Waals surface area (Å²) in [5, 5.41) is 3.25. The molecule has 0 fully saturated rings. The molecule has 0 aliphatic heterocycles. The van der Waals surface area contributed by atoms with Crippen molar-refractivity contribution >= 4 is 28.5 Å². The minimum absolute atomic E-state index is 0.107. The fourth-order valence-corrected chi connectivity index (χ4v) is 2.61. The van der Waals surface area contributed by atoms with Crippen molar-refractivity contribution < 1.29 is 23.2 Å². The summed E-state index contributed by atoms with van der Waals surface area (Å²) in [6.45, 7) is 4.85. The number of hydrogen-bond donors (Lipinski definition) is 2. The average Bonchev–Trinajstić information content (AvgIpc) is 3.24. The van der Waals surface area contributed by atoms with Gasteiger partial charge in [-0.3, -0.25) is 9.59 Å². The summed E-state index contributed by atoms with van der Waals surface area (Å²) in [5.41, 5.74) is 6.97. The minimum atomic E-state index is -0.767. The Balaban J connectivity index is 1.96. The number of rotatable bonds is 7. The highest BCUT2D eigenvalue weighted by atomic mass is 16.5. The SMILES string of the molecule is CCOCc1ccc2c(NC(=O)c3ccc(CC)o3)c(C(N)=O)oc2c1. The van der Waals surface area contributed by atoms with Crippen molar-refractivity contribution in [2.24, 2.45) is 5.73 Å². The largest absolute Gasteiger partial charge is 0.456 e. The van der Waals surface area contributed by atoms with Gasteiger partial charge in [0.2, 0.25) is 5.76 Å². The van der Waals surface area contributed by atoms with Gasteiger partial charge < -0.3 is 24.6 Å². The molecular formula is C19H20N2O5. The van der Waals surface area contributed by atoms with E-state index in [-0.39, 0.29) is 17.2 Å². The van der Waals surface area contributed by atoms with Crippen LogP contribution in [0.1, 0.15) is 46.3 Å². The molecule has 7 heteroatoms. The second-order valence-electron chi connectivity index (χ2n) is 5.71. The zero-order valence-corrected chi connectivity index (χ0v) is 14.6. The van der Waals surface area contributed by atoms with Crippen LogP contribution in [0.15, 0.2) is 39.2 Å². The number of primary amides is 1. The summed E-state index contributed by atoms with van der Waals surface area (Å²) in [7, 11) is 0. The van der Waals surface area contributed by atoms with Crippen LogP contribution in [0.3, 0.4) is 0 Å². The molecule has 0 aliphatic rings. The maximum Gasteiger partial charge on any atom is 0.291 e. The first-order chi connectivity index (χ1) is 12.5. The molecule has 3 rings (SSSR count). The standard InChI is InChI=1S/C19H20N2O5/c1-3-12-6-8-14(25-12)19(23)21-16-13-7-5-11(10-24-4-2)9-15(13)26-17(16)18(20)22/h5-9H,3-4,10H2,1-2H3,(H2,20,22)(H,21,23). The lowest BCUT2D eigenvalue weighted by atomic mass is 10.1. The van der Waals surface area contributed by atoms with Crippen molar-refractivity contribution in [3.63, 3.8) is 0 Å². The van der Waals surface area contributed by atoms with Crippen molar-refractivity contribution in [1.82, 2.24) is 0 Å². The molecule has 7 nitrogen and oxygen atoms in total. The van der Waals surface area contributed by atoms with E-state index in [2.05, 4.69) is 5.32 Å². The van der Waals surface area contributed by atoms with Crippen LogP contribution in [0.25, 0.3) is 11.0 Å². The van der Waals surface area contributed by atoms with Gasteiger partial charge in [-0.2, -0.15) is 0 Å². The van der Waals surface area contributed by atoms with Crippen molar-refractivity contribution in [3.05, 3.63) is 53.2 Å². The van der Waals surface area contributed by atoms with Gasteiger partial charge in [-0.05, 0) is 36.8 Å². The Bertz CT molecular complexity index is 954. The van der Waals surface area contributed by atoms with Crippen molar-refractivity contribution in [2.75, 3.05) is 11.9 Å². The first-order valence-electron chi connectivity index (χ1n) is 8.36. The van der Waals surface area contributed by atoms with E-state index in [1.165, 1.54) is 0 Å². The van der Waals surface area contributed by atoms with E-state index in [0.717, 1.165) is 5.56 Å². The lowest BCUT2D eigenvalue weighted by Gasteiger charge is -2.04. The molecule has 3 aromatic rings. The van der Waals surface area contributed by atoms with E-state index in [0.29, 0.717) is 36.4 Å². The van der Waals surface area contributed by atoms with Crippen molar-refractivity contribution in [2.45, 2.75) is 26.9 Å². The van der Waals surface area contributed by atoms with Crippen LogP contribution in [0.5, 0.6) is 0 Å². The number of carbonyl (C=O) groups excluding carboxylic acids is 2. The van der Waals surface area contributed by atoms with Gasteiger partial charge in [0, 0.05) is 18.4 Å². The maximum atomic E-state index is 12.4. The second-order valence-corrected chi connectivity index (χ2v) is 5.71. The summed E-state index contributed by atoms with van der Waals surface area (Å²) in [6.07, 6.45) is 0.678. The third-order valence-electron chi connectivity index (χ3n) is 3.92. The highest BCUT2D eigenvalue weighted by Gasteiger charge is 2.22. The van der Waals surface area contributed by atoms with Crippen LogP contribution in [0.4, 0.5) is 5.69 Å². The third kappa shape index (κ3) is 3.48. The Kier molecular flexibility index (Phi) is 5.09. The highest BCUT2D eigenvalue weighted by Crippen LogP contribution is 2.32. The monoisotopic (exact) mass is 356 g/mol. The lowest BCUT2D eigenvalue weighted by molar-refractivity contribution is 0.0977. The highest BCUT2D eigenvalue weighted by molar-refractivity contribution is 6.13. The Morgan fingerprint density at radius 3 is 2.62 bits per heavy atom. The summed E-state index contributed by atoms with van der Waals surface area (Å²) < 4.78 is 16.4. The Morgan fingerprint density at radius 1 is 1.15 bits per heavy atom. The number of ether oxygens (including phenoxy) is 1. The second kappa shape index (κ2) is 7.45. The molecular weight excluding hydrogens is 336 g/mol. The first kappa shape index (κ1) is 17.8. The molecule has 2 amide bonds. The molecule has 1 aromatic carbocycles. The normalized spacial score (nSPS) is 11.0. The van der Waals surface area contributed by atoms with E-state index >= 15 is 0 Å². The molecule has 0 bridgehead atoms. The average molecular weight is 356 g/mol. The number of furan rings is 2. The number of nitrogens with two attached hydrogens (primary N) is 1. The Hall–Kier alpha value is -3.06. The molecule has 0 atom stereocenters. The van der Waals surface area contributed by atoms with Gasteiger partial charge in [0.25, 0.3) is 11.8 Å². The van der Waals surface area contributed by atoms with Crippen LogP contribution in [0, 0.1) is 0 Å². The third-order valence-corrected chi connectivity index (χ3v) is 3.92. The number of anilines is 1. The van der Waals surface area contributed by atoms with Gasteiger partial charge in [0.15, 0.2) is 5.76 Å². The van der Waals surface area contributed by atoms with Gasteiger partial charge in [-0.15, -0.1) is 0 Å². The fourth-order valence-electron chi connectivity index (χ4n) is 2.61. The fraction of sp³-hybridized carbons (Fsp3) is 0.263. The van der Waals surface area contributed by atoms with E-state index in [1.54, 1.807) is 24.3 Å². The van der Waals surface area contributed by atoms with Crippen LogP contribution >= 0.6 is 0 Å². The molecule has 26 heavy (non-hydrogen) atoms. The summed E-state index contributed by atoms with van der Waals surface area (Å²) in [5.74, 6) is -0.503. The Morgan fingerprint density at radius 2 is 1.96 bits per heavy atom. The molecule has 136 valence electrons.